The number of hydrogen-bond acceptors (Lipinski definition) is 5. The zero-order valence-corrected chi connectivity index (χ0v) is 13.3. The molecule has 136 valence electrons. The van der Waals surface area contributed by atoms with Gasteiger partial charge in [-0.3, -0.25) is 14.9 Å². The summed E-state index contributed by atoms with van der Waals surface area (Å²) in [6, 6.07) is 4.04. The van der Waals surface area contributed by atoms with Crippen molar-refractivity contribution in [2.45, 2.75) is 44.5 Å². The summed E-state index contributed by atoms with van der Waals surface area (Å²) in [7, 11) is 0. The van der Waals surface area contributed by atoms with Gasteiger partial charge in [0.15, 0.2) is 0 Å². The number of alkyl halides is 3. The van der Waals surface area contributed by atoms with E-state index in [4.69, 9.17) is 0 Å². The molecule has 1 unspecified atom stereocenters. The van der Waals surface area contributed by atoms with E-state index in [2.05, 4.69) is 5.10 Å². The van der Waals surface area contributed by atoms with Crippen LogP contribution in [0.25, 0.3) is 0 Å². The summed E-state index contributed by atoms with van der Waals surface area (Å²) in [4.78, 5) is 22.3. The maximum absolute atomic E-state index is 13.3. The molecule has 0 bridgehead atoms. The Kier molecular flexibility index (Phi) is 5.12. The fraction of sp³-hybridized carbons (Fsp3) is 0.467. The molecule has 10 heteroatoms. The maximum Gasteiger partial charge on any atom is 0.438 e. The third-order valence-electron chi connectivity index (χ3n) is 3.83. The van der Waals surface area contributed by atoms with Gasteiger partial charge < -0.3 is 5.11 Å². The van der Waals surface area contributed by atoms with E-state index in [1.807, 2.05) is 6.92 Å². The summed E-state index contributed by atoms with van der Waals surface area (Å²) in [5.41, 5.74) is -3.89. The smallest absolute Gasteiger partial charge is 0.362 e. The van der Waals surface area contributed by atoms with E-state index in [-0.39, 0.29) is 28.4 Å². The SMILES string of the molecule is CCCCC1=NN(C(=O)c2ccc([N+](=O)[O-])cc2)C(O)(C(F)(F)F)C1. The highest BCUT2D eigenvalue weighted by molar-refractivity contribution is 5.98. The molecule has 1 atom stereocenters. The molecule has 0 radical (unpaired) electrons. The van der Waals surface area contributed by atoms with Crippen LogP contribution in [0.4, 0.5) is 18.9 Å². The van der Waals surface area contributed by atoms with Crippen molar-refractivity contribution >= 4 is 17.3 Å². The van der Waals surface area contributed by atoms with Crippen molar-refractivity contribution in [3.8, 4) is 0 Å². The predicted molar refractivity (Wildman–Crippen MR) is 81.8 cm³/mol. The second-order valence-corrected chi connectivity index (χ2v) is 5.68. The lowest BCUT2D eigenvalue weighted by Crippen LogP contribution is -2.56. The first-order valence-electron chi connectivity index (χ1n) is 7.54. The lowest BCUT2D eigenvalue weighted by molar-refractivity contribution is -0.384. The molecule has 0 aromatic heterocycles. The summed E-state index contributed by atoms with van der Waals surface area (Å²) in [6.45, 7) is 1.85. The van der Waals surface area contributed by atoms with Crippen LogP contribution in [0.15, 0.2) is 29.4 Å². The molecule has 0 spiro atoms. The van der Waals surface area contributed by atoms with Gasteiger partial charge in [0.25, 0.3) is 17.3 Å². The van der Waals surface area contributed by atoms with Crippen LogP contribution < -0.4 is 0 Å². The molecule has 25 heavy (non-hydrogen) atoms. The predicted octanol–water partition coefficient (Wildman–Crippen LogP) is 3.24. The van der Waals surface area contributed by atoms with E-state index in [0.717, 1.165) is 30.7 Å². The van der Waals surface area contributed by atoms with Crippen molar-refractivity contribution in [3.05, 3.63) is 39.9 Å². The Morgan fingerprint density at radius 2 is 2.00 bits per heavy atom. The summed E-state index contributed by atoms with van der Waals surface area (Å²) < 4.78 is 40.0. The molecule has 0 saturated heterocycles. The third kappa shape index (κ3) is 3.63. The van der Waals surface area contributed by atoms with Crippen LogP contribution in [0.1, 0.15) is 43.0 Å². The number of nitro groups is 1. The van der Waals surface area contributed by atoms with E-state index in [1.54, 1.807) is 0 Å². The fourth-order valence-corrected chi connectivity index (χ4v) is 2.42. The summed E-state index contributed by atoms with van der Waals surface area (Å²) in [6.07, 6.45) is -4.37. The number of rotatable bonds is 5. The molecule has 0 saturated carbocycles. The number of nitro benzene ring substituents is 1. The van der Waals surface area contributed by atoms with E-state index >= 15 is 0 Å². The number of amides is 1. The first kappa shape index (κ1) is 18.8. The number of aliphatic hydroxyl groups is 1. The van der Waals surface area contributed by atoms with Crippen LogP contribution in [0.2, 0.25) is 0 Å². The number of halogens is 3. The largest absolute Gasteiger partial charge is 0.438 e. The topological polar surface area (TPSA) is 96.0 Å². The van der Waals surface area contributed by atoms with Crippen molar-refractivity contribution in [2.75, 3.05) is 0 Å². The highest BCUT2D eigenvalue weighted by Gasteiger charge is 2.63. The number of nitrogens with zero attached hydrogens (tertiary/aromatic N) is 3. The average Bonchev–Trinajstić information content (AvgIpc) is 2.90. The number of carbonyl (C=O) groups excluding carboxylic acids is 1. The summed E-state index contributed by atoms with van der Waals surface area (Å²) in [5, 5.41) is 24.4. The van der Waals surface area contributed by atoms with E-state index in [9.17, 15) is 33.2 Å². The molecule has 1 N–H and O–H groups in total. The minimum Gasteiger partial charge on any atom is -0.362 e. The van der Waals surface area contributed by atoms with Crippen LogP contribution in [0.3, 0.4) is 0 Å². The number of carbonyl (C=O) groups is 1. The number of non-ortho nitro benzene ring substituents is 1. The minimum absolute atomic E-state index is 0.0269. The van der Waals surface area contributed by atoms with Gasteiger partial charge in [0, 0.05) is 29.8 Å². The van der Waals surface area contributed by atoms with Crippen molar-refractivity contribution < 1.29 is 28.0 Å². The van der Waals surface area contributed by atoms with Gasteiger partial charge >= 0.3 is 6.18 Å². The first-order valence-corrected chi connectivity index (χ1v) is 7.54. The molecule has 1 aromatic carbocycles. The van der Waals surface area contributed by atoms with Crippen LogP contribution >= 0.6 is 0 Å². The molecule has 1 aliphatic heterocycles. The average molecular weight is 359 g/mol. The van der Waals surface area contributed by atoms with Gasteiger partial charge in [0.05, 0.1) is 4.92 Å². The minimum atomic E-state index is -5.10. The lowest BCUT2D eigenvalue weighted by Gasteiger charge is -2.32. The third-order valence-corrected chi connectivity index (χ3v) is 3.83. The summed E-state index contributed by atoms with van der Waals surface area (Å²) >= 11 is 0. The highest BCUT2D eigenvalue weighted by atomic mass is 19.4. The van der Waals surface area contributed by atoms with Crippen LogP contribution in [-0.2, 0) is 0 Å². The van der Waals surface area contributed by atoms with Crippen molar-refractivity contribution in [1.29, 1.82) is 0 Å². The Hall–Kier alpha value is -2.49. The Morgan fingerprint density at radius 3 is 2.48 bits per heavy atom. The Balaban J connectivity index is 2.35. The first-order chi connectivity index (χ1) is 11.6. The Morgan fingerprint density at radius 1 is 1.40 bits per heavy atom. The molecular weight excluding hydrogens is 343 g/mol. The Bertz CT molecular complexity index is 703. The lowest BCUT2D eigenvalue weighted by atomic mass is 10.0. The van der Waals surface area contributed by atoms with Crippen LogP contribution in [-0.4, -0.2) is 38.6 Å². The van der Waals surface area contributed by atoms with Gasteiger partial charge in [-0.05, 0) is 25.0 Å². The van der Waals surface area contributed by atoms with Gasteiger partial charge in [-0.15, -0.1) is 0 Å². The molecule has 1 amide bonds. The van der Waals surface area contributed by atoms with Crippen molar-refractivity contribution in [2.24, 2.45) is 5.10 Å². The Labute approximate surface area is 140 Å². The molecular formula is C15H16F3N3O4. The van der Waals surface area contributed by atoms with Gasteiger partial charge in [0.2, 0.25) is 0 Å². The van der Waals surface area contributed by atoms with Gasteiger partial charge in [-0.2, -0.15) is 23.3 Å². The summed E-state index contributed by atoms with van der Waals surface area (Å²) in [5.74, 6) is -1.18. The molecule has 0 aliphatic carbocycles. The van der Waals surface area contributed by atoms with Gasteiger partial charge in [-0.25, -0.2) is 0 Å². The van der Waals surface area contributed by atoms with Crippen LogP contribution in [0, 0.1) is 10.1 Å². The number of hydrogen-bond donors (Lipinski definition) is 1. The van der Waals surface area contributed by atoms with Gasteiger partial charge in [0.1, 0.15) is 0 Å². The maximum atomic E-state index is 13.3. The fourth-order valence-electron chi connectivity index (χ4n) is 2.42. The molecule has 1 heterocycles. The highest BCUT2D eigenvalue weighted by Crippen LogP contribution is 2.41. The zero-order valence-electron chi connectivity index (χ0n) is 13.3. The monoisotopic (exact) mass is 359 g/mol. The molecule has 2 rings (SSSR count). The van der Waals surface area contributed by atoms with E-state index in [0.29, 0.717) is 6.42 Å². The number of hydrazone groups is 1. The standard InChI is InChI=1S/C15H16F3N3O4/c1-2-3-4-11-9-14(23,15(16,17)18)20(19-11)13(22)10-5-7-12(8-6-10)21(24)25/h5-8,23H,2-4,9H2,1H3. The molecule has 1 aromatic rings. The molecule has 7 nitrogen and oxygen atoms in total. The van der Waals surface area contributed by atoms with E-state index < -0.39 is 29.2 Å². The van der Waals surface area contributed by atoms with Gasteiger partial charge in [-0.1, -0.05) is 13.3 Å². The van der Waals surface area contributed by atoms with Crippen LogP contribution in [0.5, 0.6) is 0 Å². The van der Waals surface area contributed by atoms with Crippen molar-refractivity contribution in [1.82, 2.24) is 5.01 Å². The second-order valence-electron chi connectivity index (χ2n) is 5.68. The zero-order chi connectivity index (χ0) is 18.8. The number of unbranched alkanes of at least 4 members (excludes halogenated alkanes) is 1. The quantitative estimate of drug-likeness (QED) is 0.645. The van der Waals surface area contributed by atoms with E-state index in [1.165, 1.54) is 0 Å². The molecule has 0 fully saturated rings. The number of benzene rings is 1. The normalized spacial score (nSPS) is 20.5. The van der Waals surface area contributed by atoms with Crippen molar-refractivity contribution in [3.63, 3.8) is 0 Å². The molecule has 1 aliphatic rings. The second kappa shape index (κ2) is 6.79.